The van der Waals surface area contributed by atoms with Gasteiger partial charge in [0.15, 0.2) is 0 Å². The first-order chi connectivity index (χ1) is 32.0. The molecular weight excluding hydrogens is 809 g/mol. The number of rotatable bonds is 36. The molecule has 0 bridgehead atoms. The highest BCUT2D eigenvalue weighted by atomic mass is 16.5. The molecule has 8 nitrogen and oxygen atoms in total. The van der Waals surface area contributed by atoms with Crippen molar-refractivity contribution in [2.24, 2.45) is 9.98 Å². The van der Waals surface area contributed by atoms with E-state index in [1.54, 1.807) is 48.5 Å². The first kappa shape index (κ1) is 52.4. The van der Waals surface area contributed by atoms with Crippen LogP contribution in [0.25, 0.3) is 0 Å². The Balaban J connectivity index is 0.997. The number of esters is 2. The minimum absolute atomic E-state index is 0.397. The molecule has 4 aromatic rings. The molecule has 0 unspecified atom stereocenters. The van der Waals surface area contributed by atoms with Gasteiger partial charge in [0, 0.05) is 25.5 Å². The molecule has 0 saturated heterocycles. The highest BCUT2D eigenvalue weighted by Crippen LogP contribution is 2.20. The van der Waals surface area contributed by atoms with Crippen molar-refractivity contribution in [3.05, 3.63) is 119 Å². The van der Waals surface area contributed by atoms with Crippen LogP contribution in [0.5, 0.6) is 23.0 Å². The minimum atomic E-state index is -0.397. The summed E-state index contributed by atoms with van der Waals surface area (Å²) in [7, 11) is 0. The van der Waals surface area contributed by atoms with Gasteiger partial charge in [-0.2, -0.15) is 0 Å². The van der Waals surface area contributed by atoms with Crippen LogP contribution in [-0.2, 0) is 0 Å². The van der Waals surface area contributed by atoms with Crippen LogP contribution in [-0.4, -0.2) is 50.7 Å². The molecule has 0 N–H and O–H groups in total. The maximum Gasteiger partial charge on any atom is 0.343 e. The number of hydrogen-bond acceptors (Lipinski definition) is 8. The van der Waals surface area contributed by atoms with Crippen LogP contribution in [0.2, 0.25) is 0 Å². The van der Waals surface area contributed by atoms with E-state index < -0.39 is 11.9 Å². The first-order valence-electron chi connectivity index (χ1n) is 25.1. The van der Waals surface area contributed by atoms with Gasteiger partial charge in [-0.3, -0.25) is 9.98 Å². The third-order valence-corrected chi connectivity index (χ3v) is 11.4. The van der Waals surface area contributed by atoms with E-state index in [-0.39, 0.29) is 0 Å². The molecule has 4 aromatic carbocycles. The summed E-state index contributed by atoms with van der Waals surface area (Å²) in [6.45, 7) is 7.37. The van der Waals surface area contributed by atoms with Crippen LogP contribution < -0.4 is 18.9 Å². The molecule has 0 amide bonds. The van der Waals surface area contributed by atoms with Gasteiger partial charge in [0.05, 0.1) is 24.3 Å². The van der Waals surface area contributed by atoms with Gasteiger partial charge in [-0.25, -0.2) is 9.59 Å². The van der Waals surface area contributed by atoms with E-state index in [1.165, 1.54) is 116 Å². The van der Waals surface area contributed by atoms with E-state index in [4.69, 9.17) is 18.9 Å². The zero-order valence-electron chi connectivity index (χ0n) is 39.8. The number of ether oxygens (including phenoxy) is 4. The molecule has 0 atom stereocenters. The Morgan fingerprint density at radius 3 is 1.00 bits per heavy atom. The van der Waals surface area contributed by atoms with E-state index in [0.29, 0.717) is 35.8 Å². The molecule has 0 aromatic heterocycles. The van der Waals surface area contributed by atoms with Crippen LogP contribution >= 0.6 is 0 Å². The van der Waals surface area contributed by atoms with Gasteiger partial charge >= 0.3 is 11.9 Å². The molecule has 0 aliphatic carbocycles. The number of carbonyl (C=O) groups is 2. The van der Waals surface area contributed by atoms with Gasteiger partial charge in [-0.1, -0.05) is 129 Å². The fourth-order valence-electron chi connectivity index (χ4n) is 7.43. The highest BCUT2D eigenvalue weighted by molar-refractivity contribution is 5.92. The zero-order chi connectivity index (χ0) is 45.8. The predicted octanol–water partition coefficient (Wildman–Crippen LogP) is 15.4. The second kappa shape index (κ2) is 34.2. The average molecular weight is 887 g/mol. The van der Waals surface area contributed by atoms with E-state index in [1.807, 2.05) is 61.0 Å². The molecule has 0 fully saturated rings. The molecule has 4 rings (SSSR count). The van der Waals surface area contributed by atoms with Crippen molar-refractivity contribution in [2.45, 2.75) is 162 Å². The lowest BCUT2D eigenvalue weighted by atomic mass is 10.1. The average Bonchev–Trinajstić information content (AvgIpc) is 3.33. The third kappa shape index (κ3) is 24.0. The predicted molar refractivity (Wildman–Crippen MR) is 269 cm³/mol. The van der Waals surface area contributed by atoms with Crippen molar-refractivity contribution in [1.82, 2.24) is 0 Å². The number of hydrogen-bond donors (Lipinski definition) is 0. The quantitative estimate of drug-likeness (QED) is 0.0195. The third-order valence-electron chi connectivity index (χ3n) is 11.4. The smallest absolute Gasteiger partial charge is 0.343 e. The van der Waals surface area contributed by atoms with Gasteiger partial charge in [-0.05, 0) is 140 Å². The lowest BCUT2D eigenvalue weighted by Gasteiger charge is -2.08. The van der Waals surface area contributed by atoms with Gasteiger partial charge in [0.2, 0.25) is 0 Å². The summed E-state index contributed by atoms with van der Waals surface area (Å²) in [4.78, 5) is 34.6. The van der Waals surface area contributed by atoms with Crippen molar-refractivity contribution in [2.75, 3.05) is 26.3 Å². The first-order valence-corrected chi connectivity index (χ1v) is 25.1. The fourth-order valence-corrected chi connectivity index (χ4v) is 7.43. The molecule has 0 spiro atoms. The molecule has 8 heteroatoms. The molecular formula is C57H78N2O6. The fraction of sp³-hybridized carbons (Fsp3) is 0.509. The maximum atomic E-state index is 12.7. The van der Waals surface area contributed by atoms with Gasteiger partial charge in [0.25, 0.3) is 0 Å². The van der Waals surface area contributed by atoms with Crippen molar-refractivity contribution >= 4 is 24.4 Å². The van der Waals surface area contributed by atoms with Crippen molar-refractivity contribution in [1.29, 1.82) is 0 Å². The van der Waals surface area contributed by atoms with Crippen LogP contribution in [0.3, 0.4) is 0 Å². The monoisotopic (exact) mass is 887 g/mol. The lowest BCUT2D eigenvalue weighted by Crippen LogP contribution is -2.08. The largest absolute Gasteiger partial charge is 0.494 e. The summed E-state index contributed by atoms with van der Waals surface area (Å²) in [5.74, 6) is 1.73. The normalized spacial score (nSPS) is 11.4. The highest BCUT2D eigenvalue weighted by Gasteiger charge is 2.11. The molecule has 65 heavy (non-hydrogen) atoms. The Morgan fingerprint density at radius 2 is 0.662 bits per heavy atom. The SMILES string of the molecule is CCCCCCCCCCCCOc1ccc(C(=O)Oc2ccc(C=NCCCCCN=Cc3ccc(OC(=O)c4ccc(OCCCCCCCCCCCC)cc4)cc3)cc2)cc1. The van der Waals surface area contributed by atoms with E-state index in [2.05, 4.69) is 23.8 Å². The summed E-state index contributed by atoms with van der Waals surface area (Å²) in [6, 6.07) is 29.1. The number of aliphatic imine (C=N–C) groups is 2. The Morgan fingerprint density at radius 1 is 0.369 bits per heavy atom. The Labute approximate surface area is 391 Å². The number of nitrogens with zero attached hydrogens (tertiary/aromatic N) is 2. The van der Waals surface area contributed by atoms with Crippen molar-refractivity contribution in [3.8, 4) is 23.0 Å². The number of carbonyl (C=O) groups excluding carboxylic acids is 2. The molecule has 352 valence electrons. The lowest BCUT2D eigenvalue weighted by molar-refractivity contribution is 0.0725. The molecule has 0 aliphatic rings. The van der Waals surface area contributed by atoms with Crippen molar-refractivity contribution in [3.63, 3.8) is 0 Å². The summed E-state index contributed by atoms with van der Waals surface area (Å²) < 4.78 is 23.0. The summed E-state index contributed by atoms with van der Waals surface area (Å²) in [6.07, 6.45) is 32.6. The topological polar surface area (TPSA) is 95.8 Å². The van der Waals surface area contributed by atoms with E-state index >= 15 is 0 Å². The molecule has 0 heterocycles. The zero-order valence-corrected chi connectivity index (χ0v) is 39.8. The maximum absolute atomic E-state index is 12.7. The Kier molecular flexibility index (Phi) is 27.5. The van der Waals surface area contributed by atoms with E-state index in [9.17, 15) is 9.59 Å². The van der Waals surface area contributed by atoms with Crippen LogP contribution in [0, 0.1) is 0 Å². The van der Waals surface area contributed by atoms with Crippen LogP contribution in [0.1, 0.15) is 193 Å². The number of benzene rings is 4. The Bertz CT molecular complexity index is 1750. The summed E-state index contributed by atoms with van der Waals surface area (Å²) >= 11 is 0. The summed E-state index contributed by atoms with van der Waals surface area (Å²) in [5.41, 5.74) is 2.88. The second-order valence-corrected chi connectivity index (χ2v) is 17.2. The summed E-state index contributed by atoms with van der Waals surface area (Å²) in [5, 5.41) is 0. The van der Waals surface area contributed by atoms with Crippen LogP contribution in [0.4, 0.5) is 0 Å². The van der Waals surface area contributed by atoms with Gasteiger partial charge < -0.3 is 18.9 Å². The van der Waals surface area contributed by atoms with Gasteiger partial charge in [-0.15, -0.1) is 0 Å². The second-order valence-electron chi connectivity index (χ2n) is 17.2. The minimum Gasteiger partial charge on any atom is -0.494 e. The van der Waals surface area contributed by atoms with E-state index in [0.717, 1.165) is 67.8 Å². The van der Waals surface area contributed by atoms with Crippen LogP contribution in [0.15, 0.2) is 107 Å². The molecule has 0 radical (unpaired) electrons. The Hall–Kier alpha value is -5.24. The van der Waals surface area contributed by atoms with Crippen molar-refractivity contribution < 1.29 is 28.5 Å². The molecule has 0 aliphatic heterocycles. The number of unbranched alkanes of at least 4 members (excludes halogenated alkanes) is 20. The van der Waals surface area contributed by atoms with Gasteiger partial charge in [0.1, 0.15) is 23.0 Å². The standard InChI is InChI=1S/C57H78N2O6/c1-3-5-7-9-11-13-15-17-19-24-44-62-52-38-30-50(31-39-52)56(60)64-54-34-26-48(27-35-54)46-58-42-22-21-23-43-59-47-49-28-36-55(37-29-49)65-57(61)51-32-40-53(41-33-51)63-45-25-20-18-16-14-12-10-8-6-4-2/h26-41,46-47H,3-25,42-45H2,1-2H3. The molecule has 0 saturated carbocycles.